The third-order valence-corrected chi connectivity index (χ3v) is 5.41. The molecule has 1 aromatic heterocycles. The fourth-order valence-electron chi connectivity index (χ4n) is 3.85. The van der Waals surface area contributed by atoms with Crippen molar-refractivity contribution < 1.29 is 24.2 Å². The largest absolute Gasteiger partial charge is 0.507 e. The summed E-state index contributed by atoms with van der Waals surface area (Å²) >= 11 is 0. The number of benzene rings is 2. The van der Waals surface area contributed by atoms with Crippen LogP contribution >= 0.6 is 0 Å². The van der Waals surface area contributed by atoms with Gasteiger partial charge in [-0.3, -0.25) is 14.6 Å². The molecule has 1 N–H and O–H groups in total. The van der Waals surface area contributed by atoms with Crippen LogP contribution in [0.2, 0.25) is 0 Å². The van der Waals surface area contributed by atoms with Gasteiger partial charge in [-0.25, -0.2) is 0 Å². The lowest BCUT2D eigenvalue weighted by atomic mass is 9.95. The van der Waals surface area contributed by atoms with Crippen LogP contribution in [0.3, 0.4) is 0 Å². The van der Waals surface area contributed by atoms with Crippen molar-refractivity contribution in [3.05, 3.63) is 95.3 Å². The minimum atomic E-state index is -0.738. The molecule has 7 nitrogen and oxygen atoms in total. The maximum atomic E-state index is 13.1. The number of nitrogens with zero attached hydrogens (tertiary/aromatic N) is 2. The van der Waals surface area contributed by atoms with Gasteiger partial charge in [0.1, 0.15) is 5.76 Å². The number of ether oxygens (including phenoxy) is 2. The van der Waals surface area contributed by atoms with Crippen molar-refractivity contribution in [2.45, 2.75) is 12.6 Å². The highest BCUT2D eigenvalue weighted by atomic mass is 16.5. The number of methoxy groups -OCH3 is 2. The number of carbonyl (C=O) groups excluding carboxylic acids is 2. The van der Waals surface area contributed by atoms with Crippen LogP contribution in [0.1, 0.15) is 22.7 Å². The lowest BCUT2D eigenvalue weighted by Crippen LogP contribution is -2.29. The number of likely N-dealkylation sites (tertiary alicyclic amines) is 1. The average Bonchev–Trinajstić information content (AvgIpc) is 3.09. The maximum absolute atomic E-state index is 13.1. The molecule has 0 saturated carbocycles. The average molecular weight is 430 g/mol. The second-order valence-electron chi connectivity index (χ2n) is 7.26. The van der Waals surface area contributed by atoms with E-state index in [9.17, 15) is 14.7 Å². The third kappa shape index (κ3) is 3.80. The molecule has 1 aliphatic rings. The molecule has 1 saturated heterocycles. The zero-order valence-electron chi connectivity index (χ0n) is 17.7. The van der Waals surface area contributed by atoms with E-state index in [1.807, 2.05) is 30.3 Å². The summed E-state index contributed by atoms with van der Waals surface area (Å²) in [5, 5.41) is 11.2. The van der Waals surface area contributed by atoms with Gasteiger partial charge < -0.3 is 19.5 Å². The highest BCUT2D eigenvalue weighted by Crippen LogP contribution is 2.41. The first-order chi connectivity index (χ1) is 15.5. The number of Topliss-reactive ketones (excluding diaryl/α,β-unsaturated/α-hetero) is 1. The number of aliphatic hydroxyl groups is 1. The second-order valence-corrected chi connectivity index (χ2v) is 7.26. The third-order valence-electron chi connectivity index (χ3n) is 5.41. The summed E-state index contributed by atoms with van der Waals surface area (Å²) in [5.74, 6) is -0.783. The van der Waals surface area contributed by atoms with E-state index in [2.05, 4.69) is 4.98 Å². The number of aliphatic hydroxyl groups excluding tert-OH is 1. The maximum Gasteiger partial charge on any atom is 0.295 e. The molecule has 0 bridgehead atoms. The normalized spacial score (nSPS) is 17.4. The number of aromatic nitrogens is 1. The van der Waals surface area contributed by atoms with Crippen molar-refractivity contribution >= 4 is 17.4 Å². The highest BCUT2D eigenvalue weighted by Gasteiger charge is 2.46. The molecule has 1 amide bonds. The summed E-state index contributed by atoms with van der Waals surface area (Å²) < 4.78 is 10.6. The molecule has 0 radical (unpaired) electrons. The molecule has 1 fully saturated rings. The molecule has 1 aliphatic heterocycles. The summed E-state index contributed by atoms with van der Waals surface area (Å²) in [5.41, 5.74) is 1.93. The number of pyridine rings is 1. The molecule has 1 atom stereocenters. The van der Waals surface area contributed by atoms with Gasteiger partial charge in [0, 0.05) is 24.5 Å². The molecular weight excluding hydrogens is 408 g/mol. The van der Waals surface area contributed by atoms with Crippen LogP contribution in [0, 0.1) is 0 Å². The van der Waals surface area contributed by atoms with Crippen molar-refractivity contribution in [3.63, 3.8) is 0 Å². The molecule has 3 aromatic rings. The summed E-state index contributed by atoms with van der Waals surface area (Å²) in [4.78, 5) is 31.6. The van der Waals surface area contributed by atoms with Crippen molar-refractivity contribution in [3.8, 4) is 11.5 Å². The van der Waals surface area contributed by atoms with Gasteiger partial charge in [-0.2, -0.15) is 0 Å². The lowest BCUT2D eigenvalue weighted by Gasteiger charge is -2.25. The molecule has 7 heteroatoms. The molecule has 4 rings (SSSR count). The fraction of sp³-hybridized carbons (Fsp3) is 0.160. The zero-order valence-corrected chi connectivity index (χ0v) is 17.7. The van der Waals surface area contributed by atoms with Gasteiger partial charge in [0.15, 0.2) is 11.5 Å². The van der Waals surface area contributed by atoms with Crippen LogP contribution in [0.5, 0.6) is 11.5 Å². The lowest BCUT2D eigenvalue weighted by molar-refractivity contribution is -0.140. The Morgan fingerprint density at radius 1 is 0.969 bits per heavy atom. The van der Waals surface area contributed by atoms with Crippen molar-refractivity contribution in [2.75, 3.05) is 14.2 Å². The van der Waals surface area contributed by atoms with Crippen LogP contribution in [0.4, 0.5) is 0 Å². The van der Waals surface area contributed by atoms with E-state index in [0.717, 1.165) is 11.1 Å². The van der Waals surface area contributed by atoms with E-state index >= 15 is 0 Å². The van der Waals surface area contributed by atoms with Crippen LogP contribution < -0.4 is 9.47 Å². The summed E-state index contributed by atoms with van der Waals surface area (Å²) in [7, 11) is 3.00. The summed E-state index contributed by atoms with van der Waals surface area (Å²) in [6, 6.07) is 16.8. The molecule has 0 spiro atoms. The Labute approximate surface area is 185 Å². The fourth-order valence-corrected chi connectivity index (χ4v) is 3.85. The number of carbonyl (C=O) groups is 2. The predicted octanol–water partition coefficient (Wildman–Crippen LogP) is 3.72. The van der Waals surface area contributed by atoms with E-state index in [1.54, 1.807) is 42.7 Å². The number of hydrogen-bond acceptors (Lipinski definition) is 6. The van der Waals surface area contributed by atoms with Gasteiger partial charge in [-0.15, -0.1) is 0 Å². The first kappa shape index (κ1) is 21.1. The van der Waals surface area contributed by atoms with Crippen molar-refractivity contribution in [2.24, 2.45) is 0 Å². The van der Waals surface area contributed by atoms with Gasteiger partial charge >= 0.3 is 0 Å². The van der Waals surface area contributed by atoms with Crippen LogP contribution in [-0.4, -0.2) is 40.9 Å². The monoisotopic (exact) mass is 430 g/mol. The van der Waals surface area contributed by atoms with Crippen molar-refractivity contribution in [1.29, 1.82) is 0 Å². The Balaban J connectivity index is 1.85. The molecule has 1 unspecified atom stereocenters. The van der Waals surface area contributed by atoms with Gasteiger partial charge in [0.25, 0.3) is 11.7 Å². The van der Waals surface area contributed by atoms with Gasteiger partial charge in [0.05, 0.1) is 25.8 Å². The Morgan fingerprint density at radius 2 is 1.66 bits per heavy atom. The van der Waals surface area contributed by atoms with E-state index in [0.29, 0.717) is 17.1 Å². The number of ketones is 1. The van der Waals surface area contributed by atoms with Crippen LogP contribution in [0.15, 0.2) is 78.6 Å². The molecule has 2 heterocycles. The summed E-state index contributed by atoms with van der Waals surface area (Å²) in [6.45, 7) is 0.204. The molecule has 2 aromatic carbocycles. The summed E-state index contributed by atoms with van der Waals surface area (Å²) in [6.07, 6.45) is 3.26. The van der Waals surface area contributed by atoms with Crippen LogP contribution in [0.25, 0.3) is 5.76 Å². The van der Waals surface area contributed by atoms with Crippen LogP contribution in [-0.2, 0) is 16.1 Å². The minimum absolute atomic E-state index is 0.0301. The minimum Gasteiger partial charge on any atom is -0.507 e. The van der Waals surface area contributed by atoms with E-state index in [-0.39, 0.29) is 17.9 Å². The quantitative estimate of drug-likeness (QED) is 0.364. The van der Waals surface area contributed by atoms with Gasteiger partial charge in [0.2, 0.25) is 0 Å². The van der Waals surface area contributed by atoms with E-state index in [4.69, 9.17) is 9.47 Å². The molecule has 32 heavy (non-hydrogen) atoms. The first-order valence-electron chi connectivity index (χ1n) is 9.99. The number of amides is 1. The SMILES string of the molecule is COc1ccc(/C(O)=C2/C(=O)C(=O)N(Cc3ccncc3)C2c2ccccc2)cc1OC. The number of hydrogen-bond donors (Lipinski definition) is 1. The Hall–Kier alpha value is -4.13. The molecule has 162 valence electrons. The smallest absolute Gasteiger partial charge is 0.295 e. The van der Waals surface area contributed by atoms with E-state index in [1.165, 1.54) is 19.1 Å². The first-order valence-corrected chi connectivity index (χ1v) is 9.99. The Morgan fingerprint density at radius 3 is 2.31 bits per heavy atom. The molecule has 0 aliphatic carbocycles. The Bertz CT molecular complexity index is 1180. The number of rotatable bonds is 6. The topological polar surface area (TPSA) is 89.0 Å². The van der Waals surface area contributed by atoms with Gasteiger partial charge in [-0.1, -0.05) is 30.3 Å². The Kier molecular flexibility index (Phi) is 5.89. The standard InChI is InChI=1S/C25H22N2O5/c1-31-19-9-8-18(14-20(19)32-2)23(28)21-22(17-6-4-3-5-7-17)27(25(30)24(21)29)15-16-10-12-26-13-11-16/h3-14,22,28H,15H2,1-2H3/b23-21-. The zero-order chi connectivity index (χ0) is 22.7. The highest BCUT2D eigenvalue weighted by molar-refractivity contribution is 6.46. The van der Waals surface area contributed by atoms with Crippen molar-refractivity contribution in [1.82, 2.24) is 9.88 Å². The van der Waals surface area contributed by atoms with E-state index < -0.39 is 17.7 Å². The predicted molar refractivity (Wildman–Crippen MR) is 118 cm³/mol. The molecular formula is C25H22N2O5. The second kappa shape index (κ2) is 8.93. The van der Waals surface area contributed by atoms with Gasteiger partial charge in [-0.05, 0) is 41.5 Å².